The Kier molecular flexibility index (Phi) is 4.21. The predicted octanol–water partition coefficient (Wildman–Crippen LogP) is 3.03. The highest BCUT2D eigenvalue weighted by atomic mass is 19.4. The average Bonchev–Trinajstić information content (AvgIpc) is 2.61. The standard InChI is InChI=1S/C11H18F3NO/c1-2-10(5-3-4-6-10)8-15-9(16)7-11(12,13)14/h2-8H2,1H3,(H,15,16). The quantitative estimate of drug-likeness (QED) is 0.800. The molecule has 16 heavy (non-hydrogen) atoms. The van der Waals surface area contributed by atoms with Gasteiger partial charge >= 0.3 is 6.18 Å². The van der Waals surface area contributed by atoms with Crippen molar-refractivity contribution < 1.29 is 18.0 Å². The number of hydrogen-bond donors (Lipinski definition) is 1. The fourth-order valence-electron chi connectivity index (χ4n) is 2.31. The van der Waals surface area contributed by atoms with Crippen molar-refractivity contribution in [2.45, 2.75) is 51.6 Å². The molecule has 0 atom stereocenters. The van der Waals surface area contributed by atoms with Gasteiger partial charge in [-0.1, -0.05) is 19.8 Å². The summed E-state index contributed by atoms with van der Waals surface area (Å²) in [6.07, 6.45) is -0.608. The molecule has 0 heterocycles. The number of nitrogens with one attached hydrogen (secondary N) is 1. The third-order valence-corrected chi connectivity index (χ3v) is 3.44. The second-order valence-corrected chi connectivity index (χ2v) is 4.63. The lowest BCUT2D eigenvalue weighted by Gasteiger charge is -2.27. The second kappa shape index (κ2) is 5.06. The van der Waals surface area contributed by atoms with E-state index >= 15 is 0 Å². The van der Waals surface area contributed by atoms with E-state index in [1.807, 2.05) is 6.92 Å². The minimum absolute atomic E-state index is 0.0429. The Morgan fingerprint density at radius 2 is 1.88 bits per heavy atom. The molecule has 1 saturated carbocycles. The van der Waals surface area contributed by atoms with Crippen LogP contribution in [0, 0.1) is 5.41 Å². The zero-order valence-electron chi connectivity index (χ0n) is 9.49. The Morgan fingerprint density at radius 1 is 1.31 bits per heavy atom. The molecule has 1 N–H and O–H groups in total. The minimum Gasteiger partial charge on any atom is -0.355 e. The summed E-state index contributed by atoms with van der Waals surface area (Å²) in [5, 5.41) is 2.41. The molecule has 0 aromatic carbocycles. The molecule has 0 aromatic rings. The molecule has 2 nitrogen and oxygen atoms in total. The van der Waals surface area contributed by atoms with Crippen LogP contribution in [0.15, 0.2) is 0 Å². The van der Waals surface area contributed by atoms with Crippen LogP contribution in [0.2, 0.25) is 0 Å². The van der Waals surface area contributed by atoms with Gasteiger partial charge in [-0.25, -0.2) is 0 Å². The van der Waals surface area contributed by atoms with Crippen molar-refractivity contribution in [2.75, 3.05) is 6.54 Å². The van der Waals surface area contributed by atoms with Gasteiger partial charge in [0.2, 0.25) is 5.91 Å². The Morgan fingerprint density at radius 3 is 2.31 bits per heavy atom. The van der Waals surface area contributed by atoms with Crippen LogP contribution in [-0.2, 0) is 4.79 Å². The number of rotatable bonds is 4. The summed E-state index contributed by atoms with van der Waals surface area (Å²) in [6, 6.07) is 0. The van der Waals surface area contributed by atoms with Gasteiger partial charge in [-0.3, -0.25) is 4.79 Å². The fraction of sp³-hybridized carbons (Fsp3) is 0.909. The molecule has 1 aliphatic rings. The largest absolute Gasteiger partial charge is 0.397 e. The molecular formula is C11H18F3NO. The molecule has 5 heteroatoms. The van der Waals surface area contributed by atoms with Crippen LogP contribution >= 0.6 is 0 Å². The summed E-state index contributed by atoms with van der Waals surface area (Å²) in [6.45, 7) is 2.42. The molecule has 1 fully saturated rings. The van der Waals surface area contributed by atoms with Gasteiger partial charge in [-0.05, 0) is 24.7 Å². The van der Waals surface area contributed by atoms with Gasteiger partial charge in [0.15, 0.2) is 0 Å². The number of carbonyl (C=O) groups excluding carboxylic acids is 1. The van der Waals surface area contributed by atoms with Gasteiger partial charge in [0.1, 0.15) is 6.42 Å². The zero-order valence-corrected chi connectivity index (χ0v) is 9.49. The van der Waals surface area contributed by atoms with Gasteiger partial charge in [-0.2, -0.15) is 13.2 Å². The Hall–Kier alpha value is -0.740. The molecule has 0 aliphatic heterocycles. The van der Waals surface area contributed by atoms with Crippen molar-refractivity contribution >= 4 is 5.91 Å². The number of halogens is 3. The summed E-state index contributed by atoms with van der Waals surface area (Å²) in [5.74, 6) is -0.910. The van der Waals surface area contributed by atoms with Crippen LogP contribution in [0.4, 0.5) is 13.2 Å². The maximum absolute atomic E-state index is 11.9. The number of carbonyl (C=O) groups is 1. The molecule has 0 bridgehead atoms. The van der Waals surface area contributed by atoms with E-state index in [1.54, 1.807) is 0 Å². The molecule has 0 aromatic heterocycles. The number of hydrogen-bond acceptors (Lipinski definition) is 1. The SMILES string of the molecule is CCC1(CNC(=O)CC(F)(F)F)CCCC1. The van der Waals surface area contributed by atoms with E-state index in [4.69, 9.17) is 0 Å². The van der Waals surface area contributed by atoms with E-state index in [-0.39, 0.29) is 5.41 Å². The summed E-state index contributed by atoms with van der Waals surface area (Å²) >= 11 is 0. The summed E-state index contributed by atoms with van der Waals surface area (Å²) in [7, 11) is 0. The van der Waals surface area contributed by atoms with E-state index in [1.165, 1.54) is 0 Å². The maximum Gasteiger partial charge on any atom is 0.397 e. The molecular weight excluding hydrogens is 219 g/mol. The average molecular weight is 237 g/mol. The first-order chi connectivity index (χ1) is 7.37. The first kappa shape index (κ1) is 13.3. The van der Waals surface area contributed by atoms with E-state index < -0.39 is 18.5 Å². The van der Waals surface area contributed by atoms with Crippen LogP contribution in [-0.4, -0.2) is 18.6 Å². The minimum atomic E-state index is -4.40. The first-order valence-electron chi connectivity index (χ1n) is 5.70. The summed E-state index contributed by atoms with van der Waals surface area (Å²) in [4.78, 5) is 11.0. The zero-order chi connectivity index (χ0) is 12.2. The monoisotopic (exact) mass is 237 g/mol. The molecule has 0 spiro atoms. The van der Waals surface area contributed by atoms with Crippen molar-refractivity contribution in [1.29, 1.82) is 0 Å². The highest BCUT2D eigenvalue weighted by Crippen LogP contribution is 2.40. The Balaban J connectivity index is 2.35. The predicted molar refractivity (Wildman–Crippen MR) is 54.9 cm³/mol. The van der Waals surface area contributed by atoms with Gasteiger partial charge < -0.3 is 5.32 Å². The van der Waals surface area contributed by atoms with Crippen LogP contribution < -0.4 is 5.32 Å². The smallest absolute Gasteiger partial charge is 0.355 e. The van der Waals surface area contributed by atoms with Crippen molar-refractivity contribution in [3.05, 3.63) is 0 Å². The van der Waals surface area contributed by atoms with Gasteiger partial charge in [0.05, 0.1) is 0 Å². The Labute approximate surface area is 93.6 Å². The topological polar surface area (TPSA) is 29.1 Å². The van der Waals surface area contributed by atoms with E-state index in [2.05, 4.69) is 5.32 Å². The number of alkyl halides is 3. The van der Waals surface area contributed by atoms with Gasteiger partial charge in [0.25, 0.3) is 0 Å². The lowest BCUT2D eigenvalue weighted by atomic mass is 9.83. The fourth-order valence-corrected chi connectivity index (χ4v) is 2.31. The van der Waals surface area contributed by atoms with Crippen molar-refractivity contribution in [3.8, 4) is 0 Å². The molecule has 0 radical (unpaired) electrons. The first-order valence-corrected chi connectivity index (χ1v) is 5.70. The van der Waals surface area contributed by atoms with Crippen molar-refractivity contribution in [3.63, 3.8) is 0 Å². The van der Waals surface area contributed by atoms with Crippen LogP contribution in [0.25, 0.3) is 0 Å². The lowest BCUT2D eigenvalue weighted by Crippen LogP contribution is -2.37. The van der Waals surface area contributed by atoms with Gasteiger partial charge in [-0.15, -0.1) is 0 Å². The van der Waals surface area contributed by atoms with E-state index in [0.29, 0.717) is 6.54 Å². The normalized spacial score (nSPS) is 19.8. The summed E-state index contributed by atoms with van der Waals surface area (Å²) < 4.78 is 35.8. The third kappa shape index (κ3) is 4.02. The number of amides is 1. The molecule has 94 valence electrons. The van der Waals surface area contributed by atoms with E-state index in [0.717, 1.165) is 32.1 Å². The molecule has 0 saturated heterocycles. The molecule has 0 unspecified atom stereocenters. The van der Waals surface area contributed by atoms with Gasteiger partial charge in [0, 0.05) is 6.54 Å². The van der Waals surface area contributed by atoms with E-state index in [9.17, 15) is 18.0 Å². The van der Waals surface area contributed by atoms with Crippen LogP contribution in [0.3, 0.4) is 0 Å². The summed E-state index contributed by atoms with van der Waals surface area (Å²) in [5.41, 5.74) is 0.0429. The molecule has 1 amide bonds. The Bertz CT molecular complexity index is 244. The lowest BCUT2D eigenvalue weighted by molar-refractivity contribution is -0.154. The van der Waals surface area contributed by atoms with Crippen molar-refractivity contribution in [1.82, 2.24) is 5.32 Å². The highest BCUT2D eigenvalue weighted by Gasteiger charge is 2.35. The van der Waals surface area contributed by atoms with Crippen LogP contribution in [0.5, 0.6) is 0 Å². The molecule has 1 aliphatic carbocycles. The maximum atomic E-state index is 11.9. The highest BCUT2D eigenvalue weighted by molar-refractivity contribution is 5.76. The van der Waals surface area contributed by atoms with Crippen LogP contribution in [0.1, 0.15) is 45.4 Å². The third-order valence-electron chi connectivity index (χ3n) is 3.44. The second-order valence-electron chi connectivity index (χ2n) is 4.63. The van der Waals surface area contributed by atoms with Crippen molar-refractivity contribution in [2.24, 2.45) is 5.41 Å². The molecule has 1 rings (SSSR count).